The van der Waals surface area contributed by atoms with Gasteiger partial charge in [0, 0.05) is 17.9 Å². The molecule has 0 radical (unpaired) electrons. The molecule has 0 atom stereocenters. The number of carbonyl (C=O) groups is 1. The normalized spacial score (nSPS) is 11.4. The van der Waals surface area contributed by atoms with Crippen molar-refractivity contribution in [2.24, 2.45) is 0 Å². The van der Waals surface area contributed by atoms with Crippen LogP contribution in [0, 0.1) is 0 Å². The number of hydrogen-bond acceptors (Lipinski definition) is 3. The smallest absolute Gasteiger partial charge is 0.399 e. The molecule has 0 heterocycles. The summed E-state index contributed by atoms with van der Waals surface area (Å²) in [4.78, 5) is 13.1. The van der Waals surface area contributed by atoms with Gasteiger partial charge < -0.3 is 15.4 Å². The molecule has 1 rings (SSSR count). The van der Waals surface area contributed by atoms with Crippen LogP contribution in [0.5, 0.6) is 0 Å². The average molecular weight is 276 g/mol. The van der Waals surface area contributed by atoms with Gasteiger partial charge in [0.25, 0.3) is 5.91 Å². The summed E-state index contributed by atoms with van der Waals surface area (Å²) in [6.07, 6.45) is -4.44. The van der Waals surface area contributed by atoms with Crippen LogP contribution in [-0.4, -0.2) is 31.8 Å². The average Bonchev–Trinajstić information content (AvgIpc) is 2.28. The van der Waals surface area contributed by atoms with Crippen molar-refractivity contribution in [3.8, 4) is 0 Å². The quantitative estimate of drug-likeness (QED) is 0.839. The van der Waals surface area contributed by atoms with Gasteiger partial charge >= 0.3 is 6.18 Å². The molecule has 106 valence electrons. The first kappa shape index (κ1) is 15.3. The Hall–Kier alpha value is -1.76. The molecule has 0 aromatic heterocycles. The molecule has 0 unspecified atom stereocenters. The zero-order valence-electron chi connectivity index (χ0n) is 10.4. The second-order valence-electron chi connectivity index (χ2n) is 3.84. The number of hydrogen-bond donors (Lipinski definition) is 1. The van der Waals surface area contributed by atoms with Gasteiger partial charge in [0.1, 0.15) is 13.2 Å². The maximum atomic E-state index is 11.9. The number of alkyl halides is 3. The van der Waals surface area contributed by atoms with Crippen LogP contribution in [-0.2, 0) is 9.53 Å². The Morgan fingerprint density at radius 3 is 2.63 bits per heavy atom. The lowest BCUT2D eigenvalue weighted by atomic mass is 10.2. The molecule has 2 N–H and O–H groups in total. The van der Waals surface area contributed by atoms with Crippen LogP contribution in [0.3, 0.4) is 0 Å². The molecule has 1 aromatic carbocycles. The largest absolute Gasteiger partial charge is 0.411 e. The molecule has 0 aliphatic rings. The lowest BCUT2D eigenvalue weighted by Crippen LogP contribution is -2.35. The first-order chi connectivity index (χ1) is 8.83. The maximum absolute atomic E-state index is 11.9. The second kappa shape index (κ2) is 6.42. The molecular weight excluding hydrogens is 261 g/mol. The number of nitrogens with two attached hydrogens (primary N) is 1. The third-order valence-corrected chi connectivity index (χ3v) is 2.29. The van der Waals surface area contributed by atoms with Crippen LogP contribution in [0.1, 0.15) is 6.92 Å². The van der Waals surface area contributed by atoms with Gasteiger partial charge in [-0.15, -0.1) is 0 Å². The fourth-order valence-electron chi connectivity index (χ4n) is 1.53. The Morgan fingerprint density at radius 1 is 1.42 bits per heavy atom. The molecule has 0 aliphatic heterocycles. The van der Waals surface area contributed by atoms with Gasteiger partial charge in [-0.1, -0.05) is 6.07 Å². The zero-order chi connectivity index (χ0) is 14.5. The molecule has 0 saturated heterocycles. The van der Waals surface area contributed by atoms with Crippen molar-refractivity contribution >= 4 is 17.3 Å². The second-order valence-corrected chi connectivity index (χ2v) is 3.84. The van der Waals surface area contributed by atoms with Crippen molar-refractivity contribution in [1.29, 1.82) is 0 Å². The first-order valence-corrected chi connectivity index (χ1v) is 5.64. The zero-order valence-corrected chi connectivity index (χ0v) is 10.4. The SMILES string of the molecule is CCN(C(=O)COCC(F)(F)F)c1cccc(N)c1. The number of anilines is 2. The molecular formula is C12H15F3N2O2. The van der Waals surface area contributed by atoms with E-state index in [0.29, 0.717) is 17.9 Å². The predicted molar refractivity (Wildman–Crippen MR) is 65.8 cm³/mol. The molecule has 7 heteroatoms. The number of ether oxygens (including phenoxy) is 1. The van der Waals surface area contributed by atoms with E-state index in [0.717, 1.165) is 0 Å². The molecule has 1 aromatic rings. The van der Waals surface area contributed by atoms with E-state index in [2.05, 4.69) is 4.74 Å². The van der Waals surface area contributed by atoms with E-state index in [-0.39, 0.29) is 0 Å². The number of carbonyl (C=O) groups excluding carboxylic acids is 1. The van der Waals surface area contributed by atoms with Crippen molar-refractivity contribution in [2.75, 3.05) is 30.4 Å². The van der Waals surface area contributed by atoms with Gasteiger partial charge in [-0.05, 0) is 25.1 Å². The van der Waals surface area contributed by atoms with Gasteiger partial charge in [-0.3, -0.25) is 4.79 Å². The van der Waals surface area contributed by atoms with Crippen molar-refractivity contribution in [1.82, 2.24) is 0 Å². The van der Waals surface area contributed by atoms with Crippen LogP contribution in [0.4, 0.5) is 24.5 Å². The van der Waals surface area contributed by atoms with E-state index in [9.17, 15) is 18.0 Å². The Morgan fingerprint density at radius 2 is 2.11 bits per heavy atom. The standard InChI is InChI=1S/C12H15F3N2O2/c1-2-17(10-5-3-4-9(16)6-10)11(18)7-19-8-12(13,14)15/h3-6H,2,7-8,16H2,1H3. The number of rotatable bonds is 5. The highest BCUT2D eigenvalue weighted by Gasteiger charge is 2.28. The molecule has 0 aliphatic carbocycles. The molecule has 4 nitrogen and oxygen atoms in total. The Balaban J connectivity index is 2.62. The van der Waals surface area contributed by atoms with Crippen LogP contribution in [0.2, 0.25) is 0 Å². The Kier molecular flexibility index (Phi) is 5.17. The van der Waals surface area contributed by atoms with E-state index in [1.54, 1.807) is 31.2 Å². The summed E-state index contributed by atoms with van der Waals surface area (Å²) in [6.45, 7) is -0.0299. The summed E-state index contributed by atoms with van der Waals surface area (Å²) in [5.74, 6) is -0.544. The minimum atomic E-state index is -4.44. The molecule has 19 heavy (non-hydrogen) atoms. The lowest BCUT2D eigenvalue weighted by molar-refractivity contribution is -0.175. The van der Waals surface area contributed by atoms with Crippen molar-refractivity contribution in [3.63, 3.8) is 0 Å². The molecule has 1 amide bonds. The Labute approximate surface area is 108 Å². The minimum absolute atomic E-state index is 0.317. The number of amides is 1. The van der Waals surface area contributed by atoms with Crippen LogP contribution >= 0.6 is 0 Å². The van der Waals surface area contributed by atoms with E-state index in [1.807, 2.05) is 0 Å². The van der Waals surface area contributed by atoms with Crippen molar-refractivity contribution in [3.05, 3.63) is 24.3 Å². The summed E-state index contributed by atoms with van der Waals surface area (Å²) in [5, 5.41) is 0. The van der Waals surface area contributed by atoms with Crippen molar-refractivity contribution < 1.29 is 22.7 Å². The fourth-order valence-corrected chi connectivity index (χ4v) is 1.53. The van der Waals surface area contributed by atoms with Gasteiger partial charge in [0.2, 0.25) is 0 Å². The highest BCUT2D eigenvalue weighted by molar-refractivity contribution is 5.94. The monoisotopic (exact) mass is 276 g/mol. The molecule has 0 spiro atoms. The Bertz CT molecular complexity index is 435. The van der Waals surface area contributed by atoms with E-state index < -0.39 is 25.3 Å². The molecule has 0 saturated carbocycles. The minimum Gasteiger partial charge on any atom is -0.399 e. The van der Waals surface area contributed by atoms with Gasteiger partial charge in [-0.25, -0.2) is 0 Å². The number of nitrogens with zero attached hydrogens (tertiary/aromatic N) is 1. The van der Waals surface area contributed by atoms with E-state index in [4.69, 9.17) is 5.73 Å². The topological polar surface area (TPSA) is 55.6 Å². The van der Waals surface area contributed by atoms with Crippen LogP contribution < -0.4 is 10.6 Å². The third-order valence-electron chi connectivity index (χ3n) is 2.29. The lowest BCUT2D eigenvalue weighted by Gasteiger charge is -2.21. The summed E-state index contributed by atoms with van der Waals surface area (Å²) in [6, 6.07) is 6.55. The summed E-state index contributed by atoms with van der Waals surface area (Å²) < 4.78 is 40.0. The summed E-state index contributed by atoms with van der Waals surface area (Å²) >= 11 is 0. The van der Waals surface area contributed by atoms with Gasteiger partial charge in [-0.2, -0.15) is 13.2 Å². The summed E-state index contributed by atoms with van der Waals surface area (Å²) in [5.41, 5.74) is 6.59. The fraction of sp³-hybridized carbons (Fsp3) is 0.417. The maximum Gasteiger partial charge on any atom is 0.411 e. The first-order valence-electron chi connectivity index (χ1n) is 5.64. The number of nitrogen functional groups attached to an aromatic ring is 1. The predicted octanol–water partition coefficient (Wildman–Crippen LogP) is 2.20. The molecule has 0 bridgehead atoms. The number of halogens is 3. The van der Waals surface area contributed by atoms with Gasteiger partial charge in [0.15, 0.2) is 0 Å². The number of likely N-dealkylation sites (N-methyl/N-ethyl adjacent to an activating group) is 1. The van der Waals surface area contributed by atoms with Gasteiger partial charge in [0.05, 0.1) is 0 Å². The highest BCUT2D eigenvalue weighted by Crippen LogP contribution is 2.18. The molecule has 0 fully saturated rings. The van der Waals surface area contributed by atoms with Crippen molar-refractivity contribution in [2.45, 2.75) is 13.1 Å². The summed E-state index contributed by atoms with van der Waals surface area (Å²) in [7, 11) is 0. The van der Waals surface area contributed by atoms with Crippen LogP contribution in [0.25, 0.3) is 0 Å². The van der Waals surface area contributed by atoms with E-state index >= 15 is 0 Å². The van der Waals surface area contributed by atoms with E-state index in [1.165, 1.54) is 4.90 Å². The number of benzene rings is 1. The van der Waals surface area contributed by atoms with Crippen LogP contribution in [0.15, 0.2) is 24.3 Å². The highest BCUT2D eigenvalue weighted by atomic mass is 19.4. The third kappa shape index (κ3) is 5.17.